The fourth-order valence-corrected chi connectivity index (χ4v) is 4.62. The van der Waals surface area contributed by atoms with E-state index in [1.54, 1.807) is 0 Å². The lowest BCUT2D eigenvalue weighted by Crippen LogP contribution is -2.57. The van der Waals surface area contributed by atoms with Gasteiger partial charge in [0.1, 0.15) is 6.17 Å². The number of nitrogens with one attached hydrogen (secondary N) is 4. The minimum Gasteiger partial charge on any atom is -0.360 e. The molecular formula is C25H27ClN6. The van der Waals surface area contributed by atoms with Crippen molar-refractivity contribution in [3.8, 4) is 0 Å². The van der Waals surface area contributed by atoms with Gasteiger partial charge >= 0.3 is 0 Å². The van der Waals surface area contributed by atoms with E-state index in [0.29, 0.717) is 0 Å². The molecule has 1 fully saturated rings. The van der Waals surface area contributed by atoms with Gasteiger partial charge < -0.3 is 15.5 Å². The van der Waals surface area contributed by atoms with Gasteiger partial charge in [-0.1, -0.05) is 60.1 Å². The van der Waals surface area contributed by atoms with Crippen molar-refractivity contribution in [1.29, 1.82) is 5.41 Å². The van der Waals surface area contributed by atoms with E-state index < -0.39 is 0 Å². The number of allylic oxidation sites excluding steroid dienone is 2. The smallest absolute Gasteiger partial charge is 0.123 e. The fourth-order valence-electron chi connectivity index (χ4n) is 4.49. The highest BCUT2D eigenvalue weighted by atomic mass is 35.5. The molecule has 2 atom stereocenters. The lowest BCUT2D eigenvalue weighted by atomic mass is 10.0. The van der Waals surface area contributed by atoms with E-state index in [1.165, 1.54) is 23.2 Å². The third-order valence-corrected chi connectivity index (χ3v) is 6.34. The lowest BCUT2D eigenvalue weighted by Gasteiger charge is -2.36. The summed E-state index contributed by atoms with van der Waals surface area (Å²) in [6.45, 7) is 3.48. The largest absolute Gasteiger partial charge is 0.360 e. The normalized spacial score (nSPS) is 22.9. The second kappa shape index (κ2) is 9.20. The molecule has 3 aliphatic heterocycles. The van der Waals surface area contributed by atoms with Gasteiger partial charge in [0.2, 0.25) is 0 Å². The third kappa shape index (κ3) is 4.30. The summed E-state index contributed by atoms with van der Waals surface area (Å²) in [5.41, 5.74) is 5.91. The Kier molecular flexibility index (Phi) is 5.99. The van der Waals surface area contributed by atoms with Crippen LogP contribution < -0.4 is 16.0 Å². The fraction of sp³-hybridized carbons (Fsp3) is 0.240. The molecule has 0 spiro atoms. The first-order valence-electron chi connectivity index (χ1n) is 10.9. The van der Waals surface area contributed by atoms with Crippen molar-refractivity contribution < 1.29 is 0 Å². The van der Waals surface area contributed by atoms with Crippen LogP contribution in [-0.4, -0.2) is 54.6 Å². The van der Waals surface area contributed by atoms with Gasteiger partial charge in [-0.05, 0) is 34.9 Å². The summed E-state index contributed by atoms with van der Waals surface area (Å²) in [4.78, 5) is 4.79. The topological polar surface area (TPSA) is 66.4 Å². The van der Waals surface area contributed by atoms with E-state index in [1.807, 2.05) is 18.2 Å². The van der Waals surface area contributed by atoms with E-state index in [0.717, 1.165) is 42.5 Å². The molecule has 164 valence electrons. The van der Waals surface area contributed by atoms with Crippen molar-refractivity contribution in [2.75, 3.05) is 26.2 Å². The van der Waals surface area contributed by atoms with Crippen molar-refractivity contribution >= 4 is 29.2 Å². The molecule has 5 rings (SSSR count). The maximum absolute atomic E-state index is 7.37. The Bertz CT molecular complexity index is 1060. The zero-order valence-corrected chi connectivity index (χ0v) is 18.5. The van der Waals surface area contributed by atoms with E-state index >= 15 is 0 Å². The number of hydrogen-bond donors (Lipinski definition) is 4. The van der Waals surface area contributed by atoms with Crippen molar-refractivity contribution in [3.05, 3.63) is 94.8 Å². The highest BCUT2D eigenvalue weighted by molar-refractivity contribution is 6.30. The first-order valence-corrected chi connectivity index (χ1v) is 11.3. The van der Waals surface area contributed by atoms with Crippen LogP contribution in [0.3, 0.4) is 0 Å². The summed E-state index contributed by atoms with van der Waals surface area (Å²) >= 11 is 6.16. The molecular weight excluding hydrogens is 420 g/mol. The predicted molar refractivity (Wildman–Crippen MR) is 131 cm³/mol. The minimum atomic E-state index is 0.0848. The molecule has 2 unspecified atom stereocenters. The minimum absolute atomic E-state index is 0.0848. The number of benzene rings is 2. The maximum Gasteiger partial charge on any atom is 0.123 e. The van der Waals surface area contributed by atoms with Gasteiger partial charge in [-0.15, -0.1) is 0 Å². The van der Waals surface area contributed by atoms with Crippen LogP contribution in [-0.2, 0) is 0 Å². The molecule has 1 saturated heterocycles. The van der Waals surface area contributed by atoms with Crippen LogP contribution in [0.15, 0.2) is 78.6 Å². The van der Waals surface area contributed by atoms with Gasteiger partial charge in [0.15, 0.2) is 0 Å². The van der Waals surface area contributed by atoms with Gasteiger partial charge in [-0.25, -0.2) is 0 Å². The van der Waals surface area contributed by atoms with Crippen LogP contribution in [0.4, 0.5) is 0 Å². The average Bonchev–Trinajstić information content (AvgIpc) is 3.18. The standard InChI is InChI=1S/C25H27ClN6/c26-21-9-6-19(7-10-21)25-22(15-31-13-12-28-23(16-31)29-17-27)32-14-20(8-11-24(32)30-25)18-4-2-1-3-5-18/h1-11,14,17,23-24,28,30H,12-13,15-16H2,(H2,27,29). The summed E-state index contributed by atoms with van der Waals surface area (Å²) < 4.78 is 0. The molecule has 0 amide bonds. The number of piperazine rings is 1. The Hall–Kier alpha value is -3.06. The molecule has 32 heavy (non-hydrogen) atoms. The number of hydrogen-bond acceptors (Lipinski definition) is 5. The number of rotatable bonds is 6. The van der Waals surface area contributed by atoms with Crippen LogP contribution in [0.5, 0.6) is 0 Å². The van der Waals surface area contributed by atoms with Crippen molar-refractivity contribution in [1.82, 2.24) is 25.8 Å². The third-order valence-electron chi connectivity index (χ3n) is 6.09. The number of halogens is 1. The second-order valence-corrected chi connectivity index (χ2v) is 8.62. The number of fused-ring (bicyclic) bond motifs is 1. The highest BCUT2D eigenvalue weighted by Crippen LogP contribution is 2.34. The molecule has 4 N–H and O–H groups in total. The van der Waals surface area contributed by atoms with Gasteiger partial charge in [0, 0.05) is 37.4 Å². The van der Waals surface area contributed by atoms with Crippen LogP contribution in [0.1, 0.15) is 11.1 Å². The van der Waals surface area contributed by atoms with Crippen molar-refractivity contribution in [3.63, 3.8) is 0 Å². The van der Waals surface area contributed by atoms with Gasteiger partial charge in [-0.3, -0.25) is 15.6 Å². The molecule has 0 aromatic heterocycles. The van der Waals surface area contributed by atoms with E-state index in [-0.39, 0.29) is 12.3 Å². The molecule has 7 heteroatoms. The molecule has 6 nitrogen and oxygen atoms in total. The van der Waals surface area contributed by atoms with E-state index in [2.05, 4.69) is 80.5 Å². The van der Waals surface area contributed by atoms with Crippen LogP contribution in [0.25, 0.3) is 11.3 Å². The summed E-state index contributed by atoms with van der Waals surface area (Å²) in [6, 6.07) is 18.5. The predicted octanol–water partition coefficient (Wildman–Crippen LogP) is 3.28. The van der Waals surface area contributed by atoms with E-state index in [4.69, 9.17) is 17.0 Å². The zero-order valence-electron chi connectivity index (χ0n) is 17.8. The van der Waals surface area contributed by atoms with Crippen molar-refractivity contribution in [2.24, 2.45) is 0 Å². The Morgan fingerprint density at radius 1 is 1.09 bits per heavy atom. The summed E-state index contributed by atoms with van der Waals surface area (Å²) in [5, 5.41) is 18.3. The van der Waals surface area contributed by atoms with Gasteiger partial charge in [-0.2, -0.15) is 0 Å². The first-order chi connectivity index (χ1) is 15.7. The Morgan fingerprint density at radius 3 is 2.69 bits per heavy atom. The molecule has 0 aliphatic carbocycles. The molecule has 0 radical (unpaired) electrons. The van der Waals surface area contributed by atoms with Crippen LogP contribution in [0, 0.1) is 5.41 Å². The SMILES string of the molecule is N=CNC1CN(CC2=C(c3ccc(Cl)cc3)NC3C=CC(c4ccccc4)=CN23)CCN1. The Morgan fingerprint density at radius 2 is 1.91 bits per heavy atom. The molecule has 3 aliphatic rings. The Labute approximate surface area is 193 Å². The average molecular weight is 447 g/mol. The van der Waals surface area contributed by atoms with Gasteiger partial charge in [0.05, 0.1) is 23.9 Å². The van der Waals surface area contributed by atoms with Crippen molar-refractivity contribution in [2.45, 2.75) is 12.3 Å². The lowest BCUT2D eigenvalue weighted by molar-refractivity contribution is 0.195. The summed E-state index contributed by atoms with van der Waals surface area (Å²) in [7, 11) is 0. The number of nitrogens with zero attached hydrogens (tertiary/aromatic N) is 2. The summed E-state index contributed by atoms with van der Waals surface area (Å²) in [5.74, 6) is 0. The summed E-state index contributed by atoms with van der Waals surface area (Å²) in [6.07, 6.45) is 8.10. The van der Waals surface area contributed by atoms with Gasteiger partial charge in [0.25, 0.3) is 0 Å². The molecule has 0 bridgehead atoms. The van der Waals surface area contributed by atoms with Crippen LogP contribution in [0.2, 0.25) is 5.02 Å². The molecule has 2 aromatic carbocycles. The molecule has 0 saturated carbocycles. The monoisotopic (exact) mass is 446 g/mol. The molecule has 2 aromatic rings. The van der Waals surface area contributed by atoms with E-state index in [9.17, 15) is 0 Å². The quantitative estimate of drug-likeness (QED) is 0.405. The zero-order chi connectivity index (χ0) is 21.9. The highest BCUT2D eigenvalue weighted by Gasteiger charge is 2.33. The van der Waals surface area contributed by atoms with Crippen LogP contribution >= 0.6 is 11.6 Å². The first kappa shape index (κ1) is 20.8. The Balaban J connectivity index is 1.49. The molecule has 3 heterocycles. The maximum atomic E-state index is 7.37. The second-order valence-electron chi connectivity index (χ2n) is 8.19.